The van der Waals surface area contributed by atoms with Crippen LogP contribution in [0.15, 0.2) is 12.1 Å². The topological polar surface area (TPSA) is 138 Å². The van der Waals surface area contributed by atoms with Crippen molar-refractivity contribution in [2.75, 3.05) is 13.2 Å². The highest BCUT2D eigenvalue weighted by Gasteiger charge is 2.29. The second kappa shape index (κ2) is 14.1. The molecule has 0 aliphatic carbocycles. The van der Waals surface area contributed by atoms with Crippen LogP contribution in [-0.4, -0.2) is 43.2 Å². The molecule has 8 heteroatoms. The second-order valence-electron chi connectivity index (χ2n) is 12.5. The minimum absolute atomic E-state index is 0.0503. The summed E-state index contributed by atoms with van der Waals surface area (Å²) in [5, 5.41) is 28.7. The molecule has 7 nitrogen and oxygen atoms in total. The molecule has 0 amide bonds. The molecule has 0 atom stereocenters. The molecule has 1 aromatic carbocycles. The van der Waals surface area contributed by atoms with Gasteiger partial charge in [-0.2, -0.15) is 0 Å². The normalized spacial score (nSPS) is 12.9. The van der Waals surface area contributed by atoms with Gasteiger partial charge in [0.25, 0.3) is 0 Å². The summed E-state index contributed by atoms with van der Waals surface area (Å²) in [5.74, 6) is 0.466. The molecule has 0 bridgehead atoms. The summed E-state index contributed by atoms with van der Waals surface area (Å²) >= 11 is 0. The van der Waals surface area contributed by atoms with Crippen molar-refractivity contribution in [1.82, 2.24) is 0 Å². The molecule has 0 unspecified atom stereocenters. The minimum atomic E-state index is -4.64. The minimum Gasteiger partial charge on any atom is -0.507 e. The third-order valence-electron chi connectivity index (χ3n) is 6.07. The standard InChI is InChI=1S/C18H30O.C9H20O2.H3O4P/c1-16(2,3)12-10-13(17(4,5)6)15(19)14(11-12)18(7,8)9;1-3-5-6-9(4-2,7-10)8-11;1-5(2,3)4/h10-11,19H,1-9H3;10-11H,3-8H2,1-2H3;(H3,1,2,3,4). The van der Waals surface area contributed by atoms with E-state index in [1.54, 1.807) is 0 Å². The molecule has 1 rings (SSSR count). The number of aliphatic hydroxyl groups excluding tert-OH is 2. The Bertz CT molecular complexity index is 738. The summed E-state index contributed by atoms with van der Waals surface area (Å²) in [6, 6.07) is 4.34. The van der Waals surface area contributed by atoms with Gasteiger partial charge in [0.15, 0.2) is 0 Å². The molecule has 0 fully saturated rings. The van der Waals surface area contributed by atoms with Crippen LogP contribution in [0.1, 0.15) is 119 Å². The van der Waals surface area contributed by atoms with Crippen molar-refractivity contribution in [2.45, 2.75) is 118 Å². The fourth-order valence-electron chi connectivity index (χ4n) is 3.37. The number of phenolic OH excluding ortho intramolecular Hbond substituents is 1. The van der Waals surface area contributed by atoms with Crippen LogP contribution in [-0.2, 0) is 20.8 Å². The first-order valence-corrected chi connectivity index (χ1v) is 13.9. The molecule has 35 heavy (non-hydrogen) atoms. The molecule has 0 saturated heterocycles. The number of rotatable bonds is 6. The smallest absolute Gasteiger partial charge is 0.466 e. The molecule has 208 valence electrons. The molecule has 0 heterocycles. The maximum Gasteiger partial charge on any atom is 0.466 e. The van der Waals surface area contributed by atoms with Gasteiger partial charge >= 0.3 is 7.82 Å². The maximum absolute atomic E-state index is 10.7. The van der Waals surface area contributed by atoms with Crippen molar-refractivity contribution in [3.63, 3.8) is 0 Å². The molecule has 0 spiro atoms. The van der Waals surface area contributed by atoms with Gasteiger partial charge in [-0.05, 0) is 45.8 Å². The lowest BCUT2D eigenvalue weighted by molar-refractivity contribution is 0.0420. The van der Waals surface area contributed by atoms with Gasteiger partial charge in [0.1, 0.15) is 5.75 Å². The Hall–Kier alpha value is -0.950. The van der Waals surface area contributed by atoms with Crippen LogP contribution in [0.3, 0.4) is 0 Å². The lowest BCUT2D eigenvalue weighted by Gasteiger charge is -2.31. The Morgan fingerprint density at radius 3 is 1.29 bits per heavy atom. The first kappa shape index (κ1) is 36.2. The van der Waals surface area contributed by atoms with Crippen molar-refractivity contribution >= 4 is 7.82 Å². The Kier molecular flexibility index (Phi) is 14.6. The third-order valence-corrected chi connectivity index (χ3v) is 6.07. The van der Waals surface area contributed by atoms with E-state index in [0.29, 0.717) is 5.75 Å². The molecule has 6 N–H and O–H groups in total. The van der Waals surface area contributed by atoms with Gasteiger partial charge in [0.2, 0.25) is 0 Å². The largest absolute Gasteiger partial charge is 0.507 e. The number of aliphatic hydroxyl groups is 2. The molecule has 0 aliphatic rings. The highest BCUT2D eigenvalue weighted by molar-refractivity contribution is 7.45. The van der Waals surface area contributed by atoms with Gasteiger partial charge in [0, 0.05) is 5.41 Å². The molecular formula is C27H53O7P. The highest BCUT2D eigenvalue weighted by Crippen LogP contribution is 2.42. The monoisotopic (exact) mass is 520 g/mol. The van der Waals surface area contributed by atoms with E-state index >= 15 is 0 Å². The summed E-state index contributed by atoms with van der Waals surface area (Å²) in [6.07, 6.45) is 4.02. The fraction of sp³-hybridized carbons (Fsp3) is 0.778. The second-order valence-corrected chi connectivity index (χ2v) is 13.5. The van der Waals surface area contributed by atoms with Gasteiger partial charge in [-0.25, -0.2) is 4.57 Å². The van der Waals surface area contributed by atoms with Crippen LogP contribution in [0, 0.1) is 5.41 Å². The van der Waals surface area contributed by atoms with Crippen LogP contribution in [0.25, 0.3) is 0 Å². The van der Waals surface area contributed by atoms with Crippen molar-refractivity contribution in [3.8, 4) is 5.75 Å². The third kappa shape index (κ3) is 14.4. The highest BCUT2D eigenvalue weighted by atomic mass is 31.2. The first-order valence-electron chi connectivity index (χ1n) is 12.4. The van der Waals surface area contributed by atoms with Gasteiger partial charge in [-0.3, -0.25) is 0 Å². The predicted molar refractivity (Wildman–Crippen MR) is 145 cm³/mol. The summed E-state index contributed by atoms with van der Waals surface area (Å²) in [4.78, 5) is 21.6. The molecule has 0 aromatic heterocycles. The molecular weight excluding hydrogens is 467 g/mol. The van der Waals surface area contributed by atoms with Gasteiger partial charge in [0.05, 0.1) is 13.2 Å². The molecule has 1 aromatic rings. The summed E-state index contributed by atoms with van der Waals surface area (Å²) < 4.78 is 8.88. The molecule has 0 radical (unpaired) electrons. The van der Waals surface area contributed by atoms with E-state index in [-0.39, 0.29) is 34.9 Å². The van der Waals surface area contributed by atoms with Crippen LogP contribution in [0.2, 0.25) is 0 Å². The van der Waals surface area contributed by atoms with Crippen molar-refractivity contribution in [2.24, 2.45) is 5.41 Å². The first-order chi connectivity index (χ1) is 15.5. The number of benzene rings is 1. The Morgan fingerprint density at radius 2 is 1.09 bits per heavy atom. The van der Waals surface area contributed by atoms with Crippen molar-refractivity contribution in [3.05, 3.63) is 28.8 Å². The number of phosphoric acid groups is 1. The quantitative estimate of drug-likeness (QED) is 0.256. The van der Waals surface area contributed by atoms with Crippen LogP contribution < -0.4 is 0 Å². The SMILES string of the molecule is CC(C)(C)c1cc(C(C)(C)C)c(O)c(C(C)(C)C)c1.CCCCC(CC)(CO)CO.O=P(O)(O)O. The van der Waals surface area contributed by atoms with Crippen molar-refractivity contribution in [1.29, 1.82) is 0 Å². The van der Waals surface area contributed by atoms with Gasteiger partial charge < -0.3 is 30.0 Å². The summed E-state index contributed by atoms with van der Waals surface area (Å²) in [6.45, 7) is 23.9. The zero-order valence-electron chi connectivity index (χ0n) is 23.9. The Labute approximate surface area is 213 Å². The van der Waals surface area contributed by atoms with Crippen LogP contribution >= 0.6 is 7.82 Å². The number of unbranched alkanes of at least 4 members (excludes halogenated alkanes) is 1. The average Bonchev–Trinajstić information content (AvgIpc) is 2.66. The summed E-state index contributed by atoms with van der Waals surface area (Å²) in [5.41, 5.74) is 3.16. The molecule has 0 saturated carbocycles. The van der Waals surface area contributed by atoms with Crippen LogP contribution in [0.5, 0.6) is 5.75 Å². The zero-order chi connectivity index (χ0) is 28.5. The van der Waals surface area contributed by atoms with Gasteiger partial charge in [-0.15, -0.1) is 0 Å². The van der Waals surface area contributed by atoms with Crippen molar-refractivity contribution < 1.29 is 34.6 Å². The lowest BCUT2D eigenvalue weighted by atomic mass is 9.75. The van der Waals surface area contributed by atoms with Crippen LogP contribution in [0.4, 0.5) is 0 Å². The van der Waals surface area contributed by atoms with Gasteiger partial charge in [-0.1, -0.05) is 101 Å². The fourth-order valence-corrected chi connectivity index (χ4v) is 3.37. The van der Waals surface area contributed by atoms with E-state index in [0.717, 1.165) is 36.8 Å². The number of phenols is 1. The Morgan fingerprint density at radius 1 is 0.743 bits per heavy atom. The van der Waals surface area contributed by atoms with E-state index in [1.807, 2.05) is 6.92 Å². The lowest BCUT2D eigenvalue weighted by Crippen LogP contribution is -2.28. The van der Waals surface area contributed by atoms with E-state index in [9.17, 15) is 5.11 Å². The summed E-state index contributed by atoms with van der Waals surface area (Å²) in [7, 11) is -4.64. The number of hydrogen-bond donors (Lipinski definition) is 6. The molecule has 0 aliphatic heterocycles. The average molecular weight is 521 g/mol. The zero-order valence-corrected chi connectivity index (χ0v) is 24.8. The van der Waals surface area contributed by atoms with E-state index in [2.05, 4.69) is 81.4 Å². The predicted octanol–water partition coefficient (Wildman–Crippen LogP) is 5.91. The van der Waals surface area contributed by atoms with E-state index in [4.69, 9.17) is 29.5 Å². The van der Waals surface area contributed by atoms with E-state index < -0.39 is 7.82 Å². The number of aromatic hydroxyl groups is 1. The van der Waals surface area contributed by atoms with E-state index in [1.165, 1.54) is 5.56 Å². The number of hydrogen-bond acceptors (Lipinski definition) is 4. The maximum atomic E-state index is 10.7. The Balaban J connectivity index is 0.